The van der Waals surface area contributed by atoms with Crippen LogP contribution in [-0.4, -0.2) is 64.0 Å². The number of hydrogen-bond acceptors (Lipinski definition) is 7. The van der Waals surface area contributed by atoms with Gasteiger partial charge < -0.3 is 19.5 Å². The molecule has 218 valence electrons. The summed E-state index contributed by atoms with van der Waals surface area (Å²) in [5.41, 5.74) is 5.29. The Labute approximate surface area is 252 Å². The number of aliphatic imine (C=N–C) groups is 1. The second kappa shape index (κ2) is 11.6. The van der Waals surface area contributed by atoms with Gasteiger partial charge in [-0.15, -0.1) is 0 Å². The standard InChI is InChI=1S/C34H27FN6O3/c35-28-9-4-3-8-26(28)31-27-21-36-20-23-6-1-2-7-25(23)30(27)38-34(39-31)37-24-13-11-22(12-14-24)32(42)40-15-17-41(18-16-40)33(43)29-10-5-19-44-29/h1-14,19-20H,15-18,21H2,(H,37,38,39). The molecule has 44 heavy (non-hydrogen) atoms. The molecule has 10 heteroatoms. The smallest absolute Gasteiger partial charge is 0.289 e. The topological polar surface area (TPSA) is 104 Å². The minimum atomic E-state index is -0.380. The molecule has 0 aliphatic carbocycles. The highest BCUT2D eigenvalue weighted by Crippen LogP contribution is 2.36. The summed E-state index contributed by atoms with van der Waals surface area (Å²) in [4.78, 5) is 43.4. The molecule has 4 heterocycles. The predicted octanol–water partition coefficient (Wildman–Crippen LogP) is 5.82. The third kappa shape index (κ3) is 5.22. The summed E-state index contributed by atoms with van der Waals surface area (Å²) < 4.78 is 20.2. The third-order valence-electron chi connectivity index (χ3n) is 7.81. The van der Waals surface area contributed by atoms with Gasteiger partial charge in [0, 0.05) is 65.9 Å². The number of anilines is 2. The van der Waals surface area contributed by atoms with Gasteiger partial charge in [-0.25, -0.2) is 14.4 Å². The van der Waals surface area contributed by atoms with E-state index in [1.54, 1.807) is 64.4 Å². The molecule has 0 radical (unpaired) electrons. The van der Waals surface area contributed by atoms with Gasteiger partial charge in [0.2, 0.25) is 5.95 Å². The number of amides is 2. The van der Waals surface area contributed by atoms with E-state index < -0.39 is 0 Å². The van der Waals surface area contributed by atoms with Gasteiger partial charge in [-0.1, -0.05) is 36.4 Å². The van der Waals surface area contributed by atoms with Gasteiger partial charge in [-0.2, -0.15) is 0 Å². The molecule has 5 aromatic rings. The number of piperazine rings is 1. The molecule has 3 aromatic carbocycles. The van der Waals surface area contributed by atoms with E-state index in [1.165, 1.54) is 12.3 Å². The first-order valence-electron chi connectivity index (χ1n) is 14.3. The van der Waals surface area contributed by atoms with Crippen molar-refractivity contribution in [1.82, 2.24) is 19.8 Å². The molecule has 7 rings (SSSR count). The van der Waals surface area contributed by atoms with Crippen LogP contribution in [0.4, 0.5) is 16.0 Å². The quantitative estimate of drug-likeness (QED) is 0.279. The van der Waals surface area contributed by atoms with Gasteiger partial charge in [-0.05, 0) is 48.5 Å². The number of fused-ring (bicyclic) bond motifs is 3. The van der Waals surface area contributed by atoms with E-state index in [0.29, 0.717) is 72.6 Å². The zero-order valence-electron chi connectivity index (χ0n) is 23.6. The van der Waals surface area contributed by atoms with E-state index in [9.17, 15) is 9.59 Å². The lowest BCUT2D eigenvalue weighted by atomic mass is 9.98. The zero-order chi connectivity index (χ0) is 30.0. The second-order valence-corrected chi connectivity index (χ2v) is 10.5. The van der Waals surface area contributed by atoms with Crippen LogP contribution < -0.4 is 5.32 Å². The summed E-state index contributed by atoms with van der Waals surface area (Å²) >= 11 is 0. The van der Waals surface area contributed by atoms with E-state index in [2.05, 4.69) is 10.3 Å². The van der Waals surface area contributed by atoms with Gasteiger partial charge in [0.1, 0.15) is 5.82 Å². The summed E-state index contributed by atoms with van der Waals surface area (Å²) in [5, 5.41) is 3.25. The Morgan fingerprint density at radius 1 is 0.750 bits per heavy atom. The number of furan rings is 1. The van der Waals surface area contributed by atoms with Crippen LogP contribution in [0.1, 0.15) is 32.0 Å². The van der Waals surface area contributed by atoms with Crippen LogP contribution in [0.25, 0.3) is 22.5 Å². The Hall–Kier alpha value is -5.64. The lowest BCUT2D eigenvalue weighted by Crippen LogP contribution is -2.50. The summed E-state index contributed by atoms with van der Waals surface area (Å²) in [6.45, 7) is 2.03. The van der Waals surface area contributed by atoms with E-state index in [0.717, 1.165) is 16.7 Å². The highest BCUT2D eigenvalue weighted by molar-refractivity contribution is 5.96. The van der Waals surface area contributed by atoms with Crippen LogP contribution >= 0.6 is 0 Å². The molecule has 0 unspecified atom stereocenters. The number of halogens is 1. The fraction of sp³-hybridized carbons (Fsp3) is 0.147. The first-order valence-corrected chi connectivity index (χ1v) is 14.3. The Kier molecular flexibility index (Phi) is 7.15. The molecule has 0 bridgehead atoms. The monoisotopic (exact) mass is 586 g/mol. The normalized spacial score (nSPS) is 14.0. The second-order valence-electron chi connectivity index (χ2n) is 10.5. The van der Waals surface area contributed by atoms with Crippen LogP contribution in [0.2, 0.25) is 0 Å². The van der Waals surface area contributed by atoms with Crippen LogP contribution in [-0.2, 0) is 6.54 Å². The molecular formula is C34H27FN6O3. The average Bonchev–Trinajstić information content (AvgIpc) is 3.54. The number of hydrogen-bond donors (Lipinski definition) is 1. The van der Waals surface area contributed by atoms with E-state index in [-0.39, 0.29) is 17.6 Å². The Balaban J connectivity index is 1.12. The molecule has 1 saturated heterocycles. The van der Waals surface area contributed by atoms with Gasteiger partial charge in [-0.3, -0.25) is 14.6 Å². The molecule has 9 nitrogen and oxygen atoms in total. The summed E-state index contributed by atoms with van der Waals surface area (Å²) in [6.07, 6.45) is 3.28. The van der Waals surface area contributed by atoms with Crippen molar-refractivity contribution in [3.8, 4) is 22.5 Å². The number of nitrogens with one attached hydrogen (secondary N) is 1. The highest BCUT2D eigenvalue weighted by Gasteiger charge is 2.27. The van der Waals surface area contributed by atoms with E-state index >= 15 is 4.39 Å². The average molecular weight is 587 g/mol. The first kappa shape index (κ1) is 27.2. The Bertz CT molecular complexity index is 1880. The number of benzene rings is 3. The molecular weight excluding hydrogens is 559 g/mol. The number of rotatable bonds is 5. The maximum atomic E-state index is 15.0. The van der Waals surface area contributed by atoms with Crippen LogP contribution in [0.15, 0.2) is 101 Å². The SMILES string of the molecule is O=C(c1ccc(Nc2nc(-c3ccccc3F)c3c(n2)-c2ccccc2C=NC3)cc1)N1CCN(C(=O)c2ccco2)CC1. The Morgan fingerprint density at radius 3 is 2.11 bits per heavy atom. The maximum Gasteiger partial charge on any atom is 0.289 e. The van der Waals surface area contributed by atoms with Crippen LogP contribution in [0.5, 0.6) is 0 Å². The molecule has 0 spiro atoms. The fourth-order valence-corrected chi connectivity index (χ4v) is 5.53. The van der Waals surface area contributed by atoms with Crippen LogP contribution in [0.3, 0.4) is 0 Å². The van der Waals surface area contributed by atoms with Crippen molar-refractivity contribution in [3.05, 3.63) is 119 Å². The fourth-order valence-electron chi connectivity index (χ4n) is 5.53. The maximum absolute atomic E-state index is 15.0. The van der Waals surface area contributed by atoms with E-state index in [1.807, 2.05) is 30.5 Å². The first-order chi connectivity index (χ1) is 21.5. The molecule has 1 fully saturated rings. The highest BCUT2D eigenvalue weighted by atomic mass is 19.1. The zero-order valence-corrected chi connectivity index (χ0v) is 23.6. The van der Waals surface area contributed by atoms with Crippen molar-refractivity contribution in [2.75, 3.05) is 31.5 Å². The van der Waals surface area contributed by atoms with Gasteiger partial charge in [0.05, 0.1) is 24.2 Å². The Morgan fingerprint density at radius 2 is 1.41 bits per heavy atom. The molecule has 2 aliphatic heterocycles. The van der Waals surface area contributed by atoms with Crippen molar-refractivity contribution in [2.24, 2.45) is 4.99 Å². The van der Waals surface area contributed by atoms with Crippen molar-refractivity contribution < 1.29 is 18.4 Å². The van der Waals surface area contributed by atoms with Crippen molar-refractivity contribution in [1.29, 1.82) is 0 Å². The van der Waals surface area contributed by atoms with Crippen molar-refractivity contribution in [3.63, 3.8) is 0 Å². The lowest BCUT2D eigenvalue weighted by Gasteiger charge is -2.34. The predicted molar refractivity (Wildman–Crippen MR) is 164 cm³/mol. The molecule has 0 atom stereocenters. The molecule has 2 amide bonds. The third-order valence-corrected chi connectivity index (χ3v) is 7.81. The molecule has 1 N–H and O–H groups in total. The number of aromatic nitrogens is 2. The summed E-state index contributed by atoms with van der Waals surface area (Å²) in [5.74, 6) is -0.0667. The van der Waals surface area contributed by atoms with Crippen molar-refractivity contribution >= 4 is 29.7 Å². The van der Waals surface area contributed by atoms with E-state index in [4.69, 9.17) is 14.4 Å². The largest absolute Gasteiger partial charge is 0.459 e. The number of carbonyl (C=O) groups excluding carboxylic acids is 2. The van der Waals surface area contributed by atoms with Crippen molar-refractivity contribution in [2.45, 2.75) is 6.54 Å². The van der Waals surface area contributed by atoms with Crippen LogP contribution in [0, 0.1) is 5.82 Å². The molecule has 2 aliphatic rings. The molecule has 0 saturated carbocycles. The summed E-state index contributed by atoms with van der Waals surface area (Å²) in [6, 6.07) is 24.8. The minimum absolute atomic E-state index is 0.110. The summed E-state index contributed by atoms with van der Waals surface area (Å²) in [7, 11) is 0. The number of nitrogens with zero attached hydrogens (tertiary/aromatic N) is 5. The number of carbonyl (C=O) groups is 2. The van der Waals surface area contributed by atoms with Gasteiger partial charge >= 0.3 is 0 Å². The lowest BCUT2D eigenvalue weighted by molar-refractivity contribution is 0.0518. The van der Waals surface area contributed by atoms with Gasteiger partial charge in [0.15, 0.2) is 5.76 Å². The minimum Gasteiger partial charge on any atom is -0.459 e. The van der Waals surface area contributed by atoms with Gasteiger partial charge in [0.25, 0.3) is 11.8 Å². The molecule has 2 aromatic heterocycles.